The quantitative estimate of drug-likeness (QED) is 0.300. The molecular formula is C6H10N2Na2O2S3. The number of rotatable bonds is 5. The maximum atomic E-state index is 10.8. The molecule has 0 unspecified atom stereocenters. The van der Waals surface area contributed by atoms with Gasteiger partial charge in [-0.15, -0.1) is 0 Å². The molecular weight excluding hydrogens is 274 g/mol. The molecule has 0 aliphatic rings. The Morgan fingerprint density at radius 2 is 1.73 bits per heavy atom. The molecule has 4 nitrogen and oxygen atoms in total. The Kier molecular flexibility index (Phi) is 20.2. The molecule has 0 atom stereocenters. The molecule has 0 aromatic carbocycles. The van der Waals surface area contributed by atoms with Crippen LogP contribution in [0.4, 0.5) is 9.59 Å². The van der Waals surface area contributed by atoms with Crippen LogP contribution in [0.3, 0.4) is 0 Å². The summed E-state index contributed by atoms with van der Waals surface area (Å²) >= 11 is 12.7. The van der Waals surface area contributed by atoms with E-state index in [-0.39, 0.29) is 59.1 Å². The van der Waals surface area contributed by atoms with Crippen LogP contribution in [0.5, 0.6) is 0 Å². The number of nitrogens with zero attached hydrogens (tertiary/aromatic N) is 1. The number of amides is 2. The standard InChI is InChI=1S/C6H12N2O2S3.2Na/c9-5(12)7-1-2-8(3-4-11)6(10)13;;/h11H,1-4H2,(H,10,13)(H2,7,9,12);;/q;2*+1/p-2. The number of hydrogen-bond donors (Lipinski definition) is 2. The van der Waals surface area contributed by atoms with E-state index in [1.807, 2.05) is 0 Å². The number of nitrogens with one attached hydrogen (secondary N) is 1. The number of thiol groups is 1. The van der Waals surface area contributed by atoms with Gasteiger partial charge in [0.05, 0.1) is 5.24 Å². The first kappa shape index (κ1) is 22.0. The SMILES string of the molecule is O=C([S-])NCCN(CCS)C(=O)[S-].[Na+].[Na+]. The smallest absolute Gasteiger partial charge is 0.719 e. The van der Waals surface area contributed by atoms with E-state index in [1.54, 1.807) is 0 Å². The molecule has 0 saturated carbocycles. The Bertz CT molecular complexity index is 197. The van der Waals surface area contributed by atoms with Crippen LogP contribution in [-0.2, 0) is 25.3 Å². The maximum absolute atomic E-state index is 10.8. The molecule has 15 heavy (non-hydrogen) atoms. The predicted molar refractivity (Wildman–Crippen MR) is 59.0 cm³/mol. The van der Waals surface area contributed by atoms with Crippen molar-refractivity contribution in [1.29, 1.82) is 0 Å². The van der Waals surface area contributed by atoms with Crippen LogP contribution in [0, 0.1) is 0 Å². The van der Waals surface area contributed by atoms with Crippen LogP contribution in [0.1, 0.15) is 0 Å². The Hall–Kier alpha value is 1.73. The Labute approximate surface area is 150 Å². The van der Waals surface area contributed by atoms with Crippen LogP contribution in [-0.4, -0.2) is 40.8 Å². The molecule has 0 bridgehead atoms. The summed E-state index contributed by atoms with van der Waals surface area (Å²) in [5.74, 6) is 0.546. The molecule has 0 aliphatic heterocycles. The first-order valence-corrected chi connectivity index (χ1v) is 5.04. The fraction of sp³-hybridized carbons (Fsp3) is 0.667. The number of carbonyl (C=O) groups is 2. The molecule has 0 spiro atoms. The monoisotopic (exact) mass is 284 g/mol. The summed E-state index contributed by atoms with van der Waals surface area (Å²) in [7, 11) is 0. The zero-order valence-electron chi connectivity index (χ0n) is 8.86. The topological polar surface area (TPSA) is 49.4 Å². The van der Waals surface area contributed by atoms with Gasteiger partial charge in [-0.1, -0.05) is 0 Å². The van der Waals surface area contributed by atoms with E-state index in [0.29, 0.717) is 25.4 Å². The summed E-state index contributed by atoms with van der Waals surface area (Å²) in [4.78, 5) is 22.5. The fourth-order valence-corrected chi connectivity index (χ4v) is 1.23. The van der Waals surface area contributed by atoms with Crippen molar-refractivity contribution >= 4 is 48.4 Å². The van der Waals surface area contributed by atoms with Crippen molar-refractivity contribution in [2.75, 3.05) is 25.4 Å². The van der Waals surface area contributed by atoms with Crippen LogP contribution in [0.2, 0.25) is 0 Å². The number of carbonyl (C=O) groups excluding carboxylic acids is 2. The first-order chi connectivity index (χ1) is 6.07. The molecule has 1 N–H and O–H groups in total. The maximum Gasteiger partial charge on any atom is 1.00 e. The normalized spacial score (nSPS) is 8.07. The zero-order chi connectivity index (χ0) is 10.3. The van der Waals surface area contributed by atoms with Gasteiger partial charge in [-0.3, -0.25) is 0 Å². The van der Waals surface area contributed by atoms with Crippen molar-refractivity contribution in [1.82, 2.24) is 10.2 Å². The minimum Gasteiger partial charge on any atom is -0.719 e. The van der Waals surface area contributed by atoms with Gasteiger partial charge in [0.2, 0.25) is 0 Å². The van der Waals surface area contributed by atoms with E-state index in [4.69, 9.17) is 0 Å². The van der Waals surface area contributed by atoms with Crippen molar-refractivity contribution < 1.29 is 68.7 Å². The third-order valence-electron chi connectivity index (χ3n) is 1.28. The summed E-state index contributed by atoms with van der Waals surface area (Å²) in [6.07, 6.45) is 0. The molecule has 0 rings (SSSR count). The molecule has 0 radical (unpaired) electrons. The molecule has 0 fully saturated rings. The average molecular weight is 284 g/mol. The van der Waals surface area contributed by atoms with E-state index >= 15 is 0 Å². The van der Waals surface area contributed by atoms with Gasteiger partial charge in [0.1, 0.15) is 5.24 Å². The first-order valence-electron chi connectivity index (χ1n) is 3.59. The summed E-state index contributed by atoms with van der Waals surface area (Å²) in [5, 5.41) is 1.44. The predicted octanol–water partition coefficient (Wildman–Crippen LogP) is -5.85. The molecule has 0 aromatic rings. The fourth-order valence-electron chi connectivity index (χ4n) is 0.708. The van der Waals surface area contributed by atoms with Crippen LogP contribution < -0.4 is 64.4 Å². The molecule has 0 heterocycles. The summed E-state index contributed by atoms with van der Waals surface area (Å²) in [6, 6.07) is 0. The largest absolute Gasteiger partial charge is 1.00 e. The Morgan fingerprint density at radius 1 is 1.20 bits per heavy atom. The van der Waals surface area contributed by atoms with Crippen molar-refractivity contribution in [3.05, 3.63) is 0 Å². The van der Waals surface area contributed by atoms with Crippen LogP contribution >= 0.6 is 12.6 Å². The molecule has 0 aliphatic carbocycles. The van der Waals surface area contributed by atoms with Gasteiger partial charge in [-0.05, 0) is 0 Å². The average Bonchev–Trinajstić information content (AvgIpc) is 2.02. The van der Waals surface area contributed by atoms with Gasteiger partial charge in [0.25, 0.3) is 0 Å². The van der Waals surface area contributed by atoms with Gasteiger partial charge in [0.15, 0.2) is 0 Å². The van der Waals surface area contributed by atoms with Crippen molar-refractivity contribution in [2.45, 2.75) is 0 Å². The van der Waals surface area contributed by atoms with Crippen molar-refractivity contribution in [3.63, 3.8) is 0 Å². The second-order valence-electron chi connectivity index (χ2n) is 2.19. The van der Waals surface area contributed by atoms with Crippen molar-refractivity contribution in [2.24, 2.45) is 0 Å². The second-order valence-corrected chi connectivity index (χ2v) is 3.36. The second kappa shape index (κ2) is 13.8. The van der Waals surface area contributed by atoms with Gasteiger partial charge >= 0.3 is 59.1 Å². The molecule has 0 aromatic heterocycles. The summed E-state index contributed by atoms with van der Waals surface area (Å²) < 4.78 is 0. The Balaban J connectivity index is -0.000000720. The van der Waals surface area contributed by atoms with Gasteiger partial charge in [0, 0.05) is 25.4 Å². The van der Waals surface area contributed by atoms with E-state index < -0.39 is 10.5 Å². The minimum absolute atomic E-state index is 0. The molecule has 76 valence electrons. The molecule has 0 saturated heterocycles. The Morgan fingerprint density at radius 3 is 2.07 bits per heavy atom. The summed E-state index contributed by atoms with van der Waals surface area (Å²) in [6.45, 7) is 1.20. The molecule has 2 amide bonds. The number of hydrogen-bond acceptors (Lipinski definition) is 5. The zero-order valence-corrected chi connectivity index (χ0v) is 15.4. The van der Waals surface area contributed by atoms with E-state index in [1.165, 1.54) is 4.90 Å². The third kappa shape index (κ3) is 13.7. The minimum atomic E-state index is -0.525. The van der Waals surface area contributed by atoms with Gasteiger partial charge in [-0.2, -0.15) is 12.6 Å². The van der Waals surface area contributed by atoms with Gasteiger partial charge < -0.3 is 45.1 Å². The van der Waals surface area contributed by atoms with E-state index in [9.17, 15) is 9.59 Å². The molecule has 9 heteroatoms. The van der Waals surface area contributed by atoms with E-state index in [2.05, 4.69) is 43.2 Å². The van der Waals surface area contributed by atoms with Crippen LogP contribution in [0.25, 0.3) is 0 Å². The van der Waals surface area contributed by atoms with Crippen LogP contribution in [0.15, 0.2) is 0 Å². The third-order valence-corrected chi connectivity index (χ3v) is 1.88. The summed E-state index contributed by atoms with van der Waals surface area (Å²) in [5.41, 5.74) is 0. The van der Waals surface area contributed by atoms with E-state index in [0.717, 1.165) is 0 Å². The van der Waals surface area contributed by atoms with Crippen molar-refractivity contribution in [3.8, 4) is 0 Å². The van der Waals surface area contributed by atoms with Gasteiger partial charge in [-0.25, -0.2) is 0 Å².